The van der Waals surface area contributed by atoms with Gasteiger partial charge in [-0.2, -0.15) is 5.26 Å². The van der Waals surface area contributed by atoms with Crippen LogP contribution in [0.2, 0.25) is 10.0 Å². The molecule has 0 radical (unpaired) electrons. The number of benzene rings is 1. The lowest BCUT2D eigenvalue weighted by molar-refractivity contribution is 0.102. The lowest BCUT2D eigenvalue weighted by Crippen LogP contribution is -2.14. The van der Waals surface area contributed by atoms with Gasteiger partial charge in [0.2, 0.25) is 0 Å². The van der Waals surface area contributed by atoms with Crippen LogP contribution < -0.4 is 5.32 Å². The number of hydrogen-bond acceptors (Lipinski definition) is 3. The maximum Gasteiger partial charge on any atom is 0.274 e. The monoisotopic (exact) mass is 291 g/mol. The molecule has 0 fully saturated rings. The molecule has 1 N–H and O–H groups in total. The number of rotatable bonds is 2. The summed E-state index contributed by atoms with van der Waals surface area (Å²) < 4.78 is 0. The van der Waals surface area contributed by atoms with Gasteiger partial charge in [0.25, 0.3) is 5.91 Å². The molecule has 0 saturated carbocycles. The third-order valence-electron chi connectivity index (χ3n) is 2.30. The maximum atomic E-state index is 12.0. The highest BCUT2D eigenvalue weighted by Gasteiger charge is 2.11. The molecule has 1 aromatic heterocycles. The Kier molecular flexibility index (Phi) is 4.00. The number of hydrogen-bond donors (Lipinski definition) is 1. The van der Waals surface area contributed by atoms with Crippen molar-refractivity contribution >= 4 is 34.8 Å². The molecule has 0 bridgehead atoms. The quantitative estimate of drug-likeness (QED) is 0.921. The van der Waals surface area contributed by atoms with Crippen LogP contribution in [0.4, 0.5) is 5.69 Å². The molecule has 2 aromatic rings. The van der Waals surface area contributed by atoms with E-state index in [2.05, 4.69) is 10.3 Å². The normalized spacial score (nSPS) is 9.74. The highest BCUT2D eigenvalue weighted by molar-refractivity contribution is 6.31. The molecule has 1 amide bonds. The van der Waals surface area contributed by atoms with Crippen LogP contribution in [0.25, 0.3) is 0 Å². The Morgan fingerprint density at radius 3 is 2.63 bits per heavy atom. The number of pyridine rings is 1. The predicted octanol–water partition coefficient (Wildman–Crippen LogP) is 3.51. The molecule has 6 heteroatoms. The molecular weight excluding hydrogens is 285 g/mol. The van der Waals surface area contributed by atoms with Crippen molar-refractivity contribution < 1.29 is 4.79 Å². The Balaban J connectivity index is 2.29. The van der Waals surface area contributed by atoms with Crippen LogP contribution in [0.1, 0.15) is 16.1 Å². The van der Waals surface area contributed by atoms with E-state index in [1.54, 1.807) is 12.1 Å². The van der Waals surface area contributed by atoms with E-state index in [1.165, 1.54) is 24.4 Å². The van der Waals surface area contributed by atoms with Gasteiger partial charge in [0.05, 0.1) is 11.3 Å². The summed E-state index contributed by atoms with van der Waals surface area (Å²) in [7, 11) is 0. The SMILES string of the molecule is N#Cc1ccc(Cl)cc1NC(=O)c1cc(Cl)ccn1. The number of nitrogens with zero attached hydrogens (tertiary/aromatic N) is 2. The smallest absolute Gasteiger partial charge is 0.274 e. The van der Waals surface area contributed by atoms with Gasteiger partial charge in [0, 0.05) is 16.2 Å². The molecule has 0 unspecified atom stereocenters. The minimum atomic E-state index is -0.457. The van der Waals surface area contributed by atoms with Gasteiger partial charge in [-0.3, -0.25) is 9.78 Å². The maximum absolute atomic E-state index is 12.0. The lowest BCUT2D eigenvalue weighted by Gasteiger charge is -2.07. The van der Waals surface area contributed by atoms with Crippen LogP contribution in [-0.2, 0) is 0 Å². The average molecular weight is 292 g/mol. The Hall–Kier alpha value is -2.09. The molecule has 0 saturated heterocycles. The van der Waals surface area contributed by atoms with E-state index in [-0.39, 0.29) is 5.69 Å². The Morgan fingerprint density at radius 1 is 1.21 bits per heavy atom. The third kappa shape index (κ3) is 3.22. The van der Waals surface area contributed by atoms with Gasteiger partial charge in [-0.25, -0.2) is 0 Å². The zero-order chi connectivity index (χ0) is 13.8. The van der Waals surface area contributed by atoms with Gasteiger partial charge in [0.15, 0.2) is 0 Å². The summed E-state index contributed by atoms with van der Waals surface area (Å²) in [4.78, 5) is 15.9. The van der Waals surface area contributed by atoms with Gasteiger partial charge >= 0.3 is 0 Å². The van der Waals surface area contributed by atoms with Crippen molar-refractivity contribution in [3.05, 3.63) is 57.8 Å². The van der Waals surface area contributed by atoms with Gasteiger partial charge in [-0.1, -0.05) is 23.2 Å². The molecule has 19 heavy (non-hydrogen) atoms. The van der Waals surface area contributed by atoms with Crippen molar-refractivity contribution in [1.82, 2.24) is 4.98 Å². The number of anilines is 1. The van der Waals surface area contributed by atoms with Crippen LogP contribution in [0.5, 0.6) is 0 Å². The number of amides is 1. The zero-order valence-corrected chi connectivity index (χ0v) is 11.0. The first-order valence-corrected chi connectivity index (χ1v) is 5.98. The highest BCUT2D eigenvalue weighted by atomic mass is 35.5. The van der Waals surface area contributed by atoms with E-state index in [0.717, 1.165) is 0 Å². The topological polar surface area (TPSA) is 65.8 Å². The summed E-state index contributed by atoms with van der Waals surface area (Å²) in [6.07, 6.45) is 1.43. The summed E-state index contributed by atoms with van der Waals surface area (Å²) in [5.74, 6) is -0.457. The fourth-order valence-corrected chi connectivity index (χ4v) is 1.76. The van der Waals surface area contributed by atoms with Gasteiger partial charge in [0.1, 0.15) is 11.8 Å². The van der Waals surface area contributed by atoms with E-state index in [1.807, 2.05) is 6.07 Å². The Bertz CT molecular complexity index is 680. The van der Waals surface area contributed by atoms with Crippen molar-refractivity contribution in [3.8, 4) is 6.07 Å². The van der Waals surface area contributed by atoms with Crippen LogP contribution in [-0.4, -0.2) is 10.9 Å². The largest absolute Gasteiger partial charge is 0.319 e. The second-order valence-corrected chi connectivity index (χ2v) is 4.49. The number of nitrogens with one attached hydrogen (secondary N) is 1. The van der Waals surface area contributed by atoms with E-state index in [9.17, 15) is 4.79 Å². The van der Waals surface area contributed by atoms with Crippen molar-refractivity contribution in [2.45, 2.75) is 0 Å². The van der Waals surface area contributed by atoms with E-state index in [4.69, 9.17) is 28.5 Å². The molecule has 4 nitrogen and oxygen atoms in total. The standard InChI is InChI=1S/C13H7Cl2N3O/c14-9-2-1-8(7-16)11(5-9)18-13(19)12-6-10(15)3-4-17-12/h1-6H,(H,18,19). The van der Waals surface area contributed by atoms with E-state index >= 15 is 0 Å². The lowest BCUT2D eigenvalue weighted by atomic mass is 10.2. The van der Waals surface area contributed by atoms with Gasteiger partial charge in [-0.05, 0) is 30.3 Å². The van der Waals surface area contributed by atoms with Crippen LogP contribution in [0.15, 0.2) is 36.5 Å². The second-order valence-electron chi connectivity index (χ2n) is 3.62. The van der Waals surface area contributed by atoms with Crippen LogP contribution in [0, 0.1) is 11.3 Å². The fourth-order valence-electron chi connectivity index (χ4n) is 1.43. The summed E-state index contributed by atoms with van der Waals surface area (Å²) in [6, 6.07) is 9.59. The minimum absolute atomic E-state index is 0.163. The summed E-state index contributed by atoms with van der Waals surface area (Å²) in [5, 5.41) is 12.4. The summed E-state index contributed by atoms with van der Waals surface area (Å²) in [6.45, 7) is 0. The van der Waals surface area contributed by atoms with Crippen molar-refractivity contribution in [2.75, 3.05) is 5.32 Å². The minimum Gasteiger partial charge on any atom is -0.319 e. The predicted molar refractivity (Wildman–Crippen MR) is 73.4 cm³/mol. The first kappa shape index (κ1) is 13.3. The number of aromatic nitrogens is 1. The molecule has 94 valence electrons. The molecular formula is C13H7Cl2N3O. The average Bonchev–Trinajstić information content (AvgIpc) is 2.39. The Labute approximate surface area is 119 Å². The molecule has 0 atom stereocenters. The highest BCUT2D eigenvalue weighted by Crippen LogP contribution is 2.21. The fraction of sp³-hybridized carbons (Fsp3) is 0. The molecule has 0 aliphatic carbocycles. The first-order chi connectivity index (χ1) is 9.10. The van der Waals surface area contributed by atoms with Gasteiger partial charge in [-0.15, -0.1) is 0 Å². The summed E-state index contributed by atoms with van der Waals surface area (Å²) in [5.41, 5.74) is 0.818. The van der Waals surface area contributed by atoms with Crippen molar-refractivity contribution in [3.63, 3.8) is 0 Å². The number of halogens is 2. The molecule has 0 spiro atoms. The molecule has 0 aliphatic rings. The van der Waals surface area contributed by atoms with E-state index in [0.29, 0.717) is 21.3 Å². The number of carbonyl (C=O) groups excluding carboxylic acids is 1. The molecule has 2 rings (SSSR count). The molecule has 1 heterocycles. The zero-order valence-electron chi connectivity index (χ0n) is 9.52. The van der Waals surface area contributed by atoms with Crippen molar-refractivity contribution in [2.24, 2.45) is 0 Å². The molecule has 1 aromatic carbocycles. The molecule has 0 aliphatic heterocycles. The van der Waals surface area contributed by atoms with Crippen LogP contribution in [0.3, 0.4) is 0 Å². The third-order valence-corrected chi connectivity index (χ3v) is 2.78. The van der Waals surface area contributed by atoms with E-state index < -0.39 is 5.91 Å². The first-order valence-electron chi connectivity index (χ1n) is 5.22. The van der Waals surface area contributed by atoms with Gasteiger partial charge < -0.3 is 5.32 Å². The van der Waals surface area contributed by atoms with Crippen molar-refractivity contribution in [1.29, 1.82) is 5.26 Å². The van der Waals surface area contributed by atoms with Crippen LogP contribution >= 0.6 is 23.2 Å². The number of carbonyl (C=O) groups is 1. The summed E-state index contributed by atoms with van der Waals surface area (Å²) >= 11 is 11.6. The number of nitriles is 1. The Morgan fingerprint density at radius 2 is 1.95 bits per heavy atom. The second kappa shape index (κ2) is 5.70.